The fourth-order valence-corrected chi connectivity index (χ4v) is 5.11. The number of anilines is 1. The number of nitrogens with zero attached hydrogens (tertiary/aromatic N) is 3. The van der Waals surface area contributed by atoms with Gasteiger partial charge in [0.15, 0.2) is 4.34 Å². The molecule has 1 aliphatic heterocycles. The second-order valence-electron chi connectivity index (χ2n) is 6.73. The van der Waals surface area contributed by atoms with E-state index in [1.807, 2.05) is 4.90 Å². The zero-order valence-electron chi connectivity index (χ0n) is 13.8. The number of carbonyl (C=O) groups is 1. The number of rotatable bonds is 5. The van der Waals surface area contributed by atoms with Crippen LogP contribution < -0.4 is 5.32 Å². The van der Waals surface area contributed by atoms with Crippen LogP contribution in [0.4, 0.5) is 5.13 Å². The zero-order valence-corrected chi connectivity index (χ0v) is 15.4. The van der Waals surface area contributed by atoms with Crippen LogP contribution in [-0.2, 0) is 4.79 Å². The van der Waals surface area contributed by atoms with Crippen LogP contribution in [0.3, 0.4) is 0 Å². The molecule has 1 aliphatic carbocycles. The van der Waals surface area contributed by atoms with Gasteiger partial charge in [-0.3, -0.25) is 4.79 Å². The second-order valence-corrected chi connectivity index (χ2v) is 8.93. The lowest BCUT2D eigenvalue weighted by Crippen LogP contribution is -2.40. The first-order valence-electron chi connectivity index (χ1n) is 8.71. The minimum absolute atomic E-state index is 0.235. The number of amides is 1. The lowest BCUT2D eigenvalue weighted by Gasteiger charge is -2.30. The van der Waals surface area contributed by atoms with Crippen LogP contribution in [0.1, 0.15) is 51.9 Å². The molecule has 2 fully saturated rings. The van der Waals surface area contributed by atoms with Crippen molar-refractivity contribution in [3.63, 3.8) is 0 Å². The van der Waals surface area contributed by atoms with E-state index >= 15 is 0 Å². The summed E-state index contributed by atoms with van der Waals surface area (Å²) in [6.45, 7) is 4.04. The van der Waals surface area contributed by atoms with Crippen LogP contribution in [0.2, 0.25) is 0 Å². The van der Waals surface area contributed by atoms with Gasteiger partial charge in [0.1, 0.15) is 0 Å². The molecule has 3 rings (SSSR count). The average Bonchev–Trinajstić information content (AvgIpc) is 3.01. The van der Waals surface area contributed by atoms with E-state index < -0.39 is 0 Å². The van der Waals surface area contributed by atoms with Crippen molar-refractivity contribution >= 4 is 34.1 Å². The third-order valence-corrected chi connectivity index (χ3v) is 6.64. The molecule has 1 saturated carbocycles. The van der Waals surface area contributed by atoms with Crippen LogP contribution in [0.25, 0.3) is 0 Å². The van der Waals surface area contributed by atoms with Crippen LogP contribution in [0.5, 0.6) is 0 Å². The van der Waals surface area contributed by atoms with Crippen molar-refractivity contribution in [3.8, 4) is 0 Å². The van der Waals surface area contributed by atoms with E-state index in [0.29, 0.717) is 17.7 Å². The third-order valence-electron chi connectivity index (χ3n) is 4.67. The van der Waals surface area contributed by atoms with Crippen LogP contribution in [-0.4, -0.2) is 45.9 Å². The minimum Gasteiger partial charge on any atom is -0.357 e. The van der Waals surface area contributed by atoms with Gasteiger partial charge in [-0.15, -0.1) is 10.2 Å². The van der Waals surface area contributed by atoms with Gasteiger partial charge in [-0.2, -0.15) is 0 Å². The highest BCUT2D eigenvalue weighted by Crippen LogP contribution is 2.28. The molecule has 23 heavy (non-hydrogen) atoms. The Balaban J connectivity index is 1.44. The van der Waals surface area contributed by atoms with Gasteiger partial charge < -0.3 is 10.2 Å². The Labute approximate surface area is 146 Å². The summed E-state index contributed by atoms with van der Waals surface area (Å²) in [5, 5.41) is 12.8. The molecule has 1 aromatic heterocycles. The molecule has 1 saturated heterocycles. The molecule has 2 aliphatic rings. The number of piperidine rings is 1. The number of hydrogen-bond donors (Lipinski definition) is 1. The van der Waals surface area contributed by atoms with Crippen molar-refractivity contribution in [1.29, 1.82) is 0 Å². The summed E-state index contributed by atoms with van der Waals surface area (Å²) in [6, 6.07) is 0.547. The van der Waals surface area contributed by atoms with Crippen molar-refractivity contribution in [2.75, 3.05) is 24.2 Å². The predicted molar refractivity (Wildman–Crippen MR) is 96.1 cm³/mol. The Morgan fingerprint density at radius 2 is 2.09 bits per heavy atom. The van der Waals surface area contributed by atoms with Gasteiger partial charge in [-0.1, -0.05) is 49.3 Å². The van der Waals surface area contributed by atoms with Gasteiger partial charge in [0, 0.05) is 19.1 Å². The maximum absolute atomic E-state index is 12.3. The van der Waals surface area contributed by atoms with Gasteiger partial charge in [0.05, 0.1) is 5.75 Å². The Morgan fingerprint density at radius 3 is 2.87 bits per heavy atom. The molecular formula is C16H26N4OS2. The summed E-state index contributed by atoms with van der Waals surface area (Å²) in [7, 11) is 0. The normalized spacial score (nSPS) is 23.0. The fraction of sp³-hybridized carbons (Fsp3) is 0.812. The highest BCUT2D eigenvalue weighted by Gasteiger charge is 2.21. The standard InChI is InChI=1S/C16H26N4OS2/c1-12-6-5-9-20(10-12)14(21)11-22-16-19-18-15(23-16)17-13-7-3-2-4-8-13/h12-13H,2-11H2,1H3,(H,17,18)/t12-/m0/s1. The van der Waals surface area contributed by atoms with Crippen LogP contribution in [0.15, 0.2) is 4.34 Å². The van der Waals surface area contributed by atoms with Crippen molar-refractivity contribution in [2.24, 2.45) is 5.92 Å². The van der Waals surface area contributed by atoms with Crippen molar-refractivity contribution < 1.29 is 4.79 Å². The average molecular weight is 355 g/mol. The third kappa shape index (κ3) is 5.08. The van der Waals surface area contributed by atoms with E-state index in [1.54, 1.807) is 11.3 Å². The van der Waals surface area contributed by atoms with Crippen molar-refractivity contribution in [1.82, 2.24) is 15.1 Å². The summed E-state index contributed by atoms with van der Waals surface area (Å²) in [4.78, 5) is 14.3. The molecule has 1 amide bonds. The molecule has 1 atom stereocenters. The molecule has 0 aromatic carbocycles. The molecule has 0 radical (unpaired) electrons. The molecule has 1 N–H and O–H groups in total. The summed E-state index contributed by atoms with van der Waals surface area (Å²) in [5.41, 5.74) is 0. The minimum atomic E-state index is 0.235. The number of thioether (sulfide) groups is 1. The lowest BCUT2D eigenvalue weighted by atomic mass is 9.96. The number of likely N-dealkylation sites (tertiary alicyclic amines) is 1. The van der Waals surface area contributed by atoms with Gasteiger partial charge in [-0.05, 0) is 31.6 Å². The molecule has 1 aromatic rings. The first-order chi connectivity index (χ1) is 11.2. The molecule has 0 bridgehead atoms. The summed E-state index contributed by atoms with van der Waals surface area (Å²) < 4.78 is 0.890. The monoisotopic (exact) mass is 354 g/mol. The number of nitrogens with one attached hydrogen (secondary N) is 1. The highest BCUT2D eigenvalue weighted by atomic mass is 32.2. The summed E-state index contributed by atoms with van der Waals surface area (Å²) in [5.74, 6) is 1.34. The van der Waals surface area contributed by atoms with Crippen molar-refractivity contribution in [3.05, 3.63) is 0 Å². The van der Waals surface area contributed by atoms with Crippen molar-refractivity contribution in [2.45, 2.75) is 62.3 Å². The summed E-state index contributed by atoms with van der Waals surface area (Å²) >= 11 is 3.09. The Bertz CT molecular complexity index is 516. The predicted octanol–water partition coefficient (Wildman–Crippen LogP) is 3.63. The second kappa shape index (κ2) is 8.33. The van der Waals surface area contributed by atoms with Gasteiger partial charge in [0.25, 0.3) is 0 Å². The molecule has 0 unspecified atom stereocenters. The van der Waals surface area contributed by atoms with E-state index in [9.17, 15) is 4.79 Å². The van der Waals surface area contributed by atoms with E-state index in [0.717, 1.165) is 29.0 Å². The van der Waals surface area contributed by atoms with E-state index in [1.165, 1.54) is 50.3 Å². The maximum Gasteiger partial charge on any atom is 0.233 e. The largest absolute Gasteiger partial charge is 0.357 e. The van der Waals surface area contributed by atoms with Crippen LogP contribution >= 0.6 is 23.1 Å². The quantitative estimate of drug-likeness (QED) is 0.818. The molecule has 0 spiro atoms. The SMILES string of the molecule is C[C@H]1CCCN(C(=O)CSc2nnc(NC3CCCCC3)s2)C1. The maximum atomic E-state index is 12.3. The topological polar surface area (TPSA) is 58.1 Å². The van der Waals surface area contributed by atoms with Gasteiger partial charge in [0.2, 0.25) is 11.0 Å². The Kier molecular flexibility index (Phi) is 6.16. The first-order valence-corrected chi connectivity index (χ1v) is 10.5. The first kappa shape index (κ1) is 17.0. The number of carbonyl (C=O) groups excluding carboxylic acids is 1. The molecule has 5 nitrogen and oxygen atoms in total. The Morgan fingerprint density at radius 1 is 1.26 bits per heavy atom. The van der Waals surface area contributed by atoms with E-state index in [2.05, 4.69) is 22.4 Å². The lowest BCUT2D eigenvalue weighted by molar-refractivity contribution is -0.130. The number of hydrogen-bond acceptors (Lipinski definition) is 6. The molecular weight excluding hydrogens is 328 g/mol. The molecule has 128 valence electrons. The van der Waals surface area contributed by atoms with E-state index in [4.69, 9.17) is 0 Å². The van der Waals surface area contributed by atoms with E-state index in [-0.39, 0.29) is 5.91 Å². The van der Waals surface area contributed by atoms with Gasteiger partial charge in [-0.25, -0.2) is 0 Å². The molecule has 7 heteroatoms. The Hall–Kier alpha value is -0.820. The van der Waals surface area contributed by atoms with Crippen LogP contribution in [0, 0.1) is 5.92 Å². The number of aromatic nitrogens is 2. The fourth-order valence-electron chi connectivity index (χ4n) is 3.38. The smallest absolute Gasteiger partial charge is 0.233 e. The zero-order chi connectivity index (χ0) is 16.1. The highest BCUT2D eigenvalue weighted by molar-refractivity contribution is 8.01. The molecule has 2 heterocycles. The summed E-state index contributed by atoms with van der Waals surface area (Å²) in [6.07, 6.45) is 8.80. The van der Waals surface area contributed by atoms with Gasteiger partial charge >= 0.3 is 0 Å².